The fourth-order valence-corrected chi connectivity index (χ4v) is 4.16. The van der Waals surface area contributed by atoms with Crippen LogP contribution in [0.25, 0.3) is 5.69 Å². The van der Waals surface area contributed by atoms with Crippen molar-refractivity contribution in [1.29, 1.82) is 5.26 Å². The van der Waals surface area contributed by atoms with Gasteiger partial charge in [-0.25, -0.2) is 5.43 Å². The summed E-state index contributed by atoms with van der Waals surface area (Å²) in [5.74, 6) is -0.449. The quantitative estimate of drug-likeness (QED) is 0.399. The average molecular weight is 474 g/mol. The van der Waals surface area contributed by atoms with Crippen molar-refractivity contribution in [2.24, 2.45) is 5.10 Å². The Bertz CT molecular complexity index is 1390. The normalized spacial score (nSPS) is 11.1. The van der Waals surface area contributed by atoms with E-state index in [-0.39, 0.29) is 18.7 Å². The van der Waals surface area contributed by atoms with Crippen LogP contribution < -0.4 is 11.0 Å². The highest BCUT2D eigenvalue weighted by Gasteiger charge is 2.15. The monoisotopic (exact) mass is 473 g/mol. The molecule has 35 heavy (non-hydrogen) atoms. The number of hydrazone groups is 1. The zero-order chi connectivity index (χ0) is 25.7. The average Bonchev–Trinajstić information content (AvgIpc) is 3.09. The SMILES string of the molecule is COCc1cc(C)n(CC(=O)N/N=C/Cc2cc(C)n(-c3ccc(C)c(C)c3)c2C)c(=O)c1C#N. The smallest absolute Gasteiger partial charge is 0.269 e. The summed E-state index contributed by atoms with van der Waals surface area (Å²) in [6, 6.07) is 12.1. The third kappa shape index (κ3) is 5.58. The van der Waals surface area contributed by atoms with Gasteiger partial charge >= 0.3 is 0 Å². The Morgan fingerprint density at radius 3 is 2.46 bits per heavy atom. The number of rotatable bonds is 8. The molecule has 1 aromatic carbocycles. The largest absolute Gasteiger partial charge is 0.380 e. The first-order valence-electron chi connectivity index (χ1n) is 11.4. The molecular formula is C27H31N5O3. The minimum atomic E-state index is -0.516. The topological polar surface area (TPSA) is 101 Å². The molecule has 0 aliphatic rings. The van der Waals surface area contributed by atoms with Crippen molar-refractivity contribution in [1.82, 2.24) is 14.6 Å². The molecule has 0 aliphatic heterocycles. The molecule has 0 spiro atoms. The third-order valence-corrected chi connectivity index (χ3v) is 6.18. The number of carbonyl (C=O) groups excluding carboxylic acids is 1. The van der Waals surface area contributed by atoms with E-state index in [9.17, 15) is 14.9 Å². The fraction of sp³-hybridized carbons (Fsp3) is 0.333. The molecule has 2 aromatic heterocycles. The summed E-state index contributed by atoms with van der Waals surface area (Å²) in [5.41, 5.74) is 9.98. The summed E-state index contributed by atoms with van der Waals surface area (Å²) in [6.45, 7) is 9.97. The highest BCUT2D eigenvalue weighted by Crippen LogP contribution is 2.22. The van der Waals surface area contributed by atoms with Crippen molar-refractivity contribution in [3.05, 3.63) is 85.6 Å². The van der Waals surface area contributed by atoms with Crippen LogP contribution in [0, 0.1) is 45.9 Å². The number of nitrogens with zero attached hydrogens (tertiary/aromatic N) is 4. The molecule has 0 bridgehead atoms. The van der Waals surface area contributed by atoms with Crippen molar-refractivity contribution >= 4 is 12.1 Å². The molecule has 0 unspecified atom stereocenters. The molecule has 0 atom stereocenters. The lowest BCUT2D eigenvalue weighted by Crippen LogP contribution is -2.33. The maximum absolute atomic E-state index is 12.7. The van der Waals surface area contributed by atoms with Gasteiger partial charge in [-0.15, -0.1) is 0 Å². The molecule has 8 nitrogen and oxygen atoms in total. The van der Waals surface area contributed by atoms with Gasteiger partial charge in [-0.3, -0.25) is 9.59 Å². The maximum atomic E-state index is 12.7. The second kappa shape index (κ2) is 11.0. The Morgan fingerprint density at radius 1 is 1.09 bits per heavy atom. The number of methoxy groups -OCH3 is 1. The van der Waals surface area contributed by atoms with Crippen LogP contribution >= 0.6 is 0 Å². The molecule has 3 aromatic rings. The van der Waals surface area contributed by atoms with Crippen LogP contribution in [0.5, 0.6) is 0 Å². The summed E-state index contributed by atoms with van der Waals surface area (Å²) < 4.78 is 8.53. The van der Waals surface area contributed by atoms with Crippen LogP contribution in [-0.2, 0) is 29.1 Å². The molecule has 0 saturated carbocycles. The van der Waals surface area contributed by atoms with E-state index in [0.717, 1.165) is 22.6 Å². The Hall–Kier alpha value is -3.96. The molecule has 2 heterocycles. The molecule has 1 amide bonds. The van der Waals surface area contributed by atoms with Gasteiger partial charge in [-0.2, -0.15) is 10.4 Å². The number of hydrogen-bond donors (Lipinski definition) is 1. The predicted octanol–water partition coefficient (Wildman–Crippen LogP) is 3.54. The second-order valence-electron chi connectivity index (χ2n) is 8.67. The van der Waals surface area contributed by atoms with E-state index in [1.807, 2.05) is 6.07 Å². The number of aromatic nitrogens is 2. The van der Waals surface area contributed by atoms with Crippen LogP contribution in [0.15, 0.2) is 40.2 Å². The predicted molar refractivity (Wildman–Crippen MR) is 136 cm³/mol. The summed E-state index contributed by atoms with van der Waals surface area (Å²) in [4.78, 5) is 25.1. The third-order valence-electron chi connectivity index (χ3n) is 6.18. The molecule has 182 valence electrons. The van der Waals surface area contributed by atoms with Crippen LogP contribution in [0.4, 0.5) is 0 Å². The molecule has 3 rings (SSSR count). The number of pyridine rings is 1. The van der Waals surface area contributed by atoms with Gasteiger partial charge in [0.15, 0.2) is 0 Å². The molecule has 0 aliphatic carbocycles. The van der Waals surface area contributed by atoms with Gasteiger partial charge in [-0.1, -0.05) is 6.07 Å². The first kappa shape index (κ1) is 25.7. The second-order valence-corrected chi connectivity index (χ2v) is 8.67. The number of aryl methyl sites for hydroxylation is 4. The standard InChI is InChI=1S/C27H31N5O3/c1-17-7-8-24(11-18(17)2)32-20(4)13-22(21(32)5)9-10-29-30-26(33)15-31-19(3)12-23(16-35-6)25(14-28)27(31)34/h7-8,10-13H,9,15-16H2,1-6H3,(H,30,33)/b29-10+. The number of nitriles is 1. The van der Waals surface area contributed by atoms with Gasteiger partial charge in [0.25, 0.3) is 11.5 Å². The van der Waals surface area contributed by atoms with E-state index >= 15 is 0 Å². The van der Waals surface area contributed by atoms with E-state index in [0.29, 0.717) is 17.7 Å². The van der Waals surface area contributed by atoms with Crippen molar-refractivity contribution in [2.75, 3.05) is 7.11 Å². The minimum absolute atomic E-state index is 0.0205. The Labute approximate surface area is 205 Å². The Morgan fingerprint density at radius 2 is 1.80 bits per heavy atom. The van der Waals surface area contributed by atoms with E-state index in [1.54, 1.807) is 19.2 Å². The lowest BCUT2D eigenvalue weighted by molar-refractivity contribution is -0.121. The van der Waals surface area contributed by atoms with E-state index in [1.165, 1.54) is 22.8 Å². The lowest BCUT2D eigenvalue weighted by atomic mass is 10.1. The molecular weight excluding hydrogens is 442 g/mol. The van der Waals surface area contributed by atoms with Gasteiger partial charge in [0.05, 0.1) is 6.61 Å². The fourth-order valence-electron chi connectivity index (χ4n) is 4.16. The number of benzene rings is 1. The van der Waals surface area contributed by atoms with Gasteiger partial charge in [0.1, 0.15) is 18.2 Å². The Balaban J connectivity index is 1.68. The van der Waals surface area contributed by atoms with Crippen LogP contribution in [0.1, 0.15) is 44.9 Å². The summed E-state index contributed by atoms with van der Waals surface area (Å²) >= 11 is 0. The van der Waals surface area contributed by atoms with Gasteiger partial charge < -0.3 is 13.9 Å². The van der Waals surface area contributed by atoms with Gasteiger partial charge in [-0.05, 0) is 75.6 Å². The minimum Gasteiger partial charge on any atom is -0.380 e. The summed E-state index contributed by atoms with van der Waals surface area (Å²) in [7, 11) is 1.49. The molecule has 0 saturated heterocycles. The number of carbonyl (C=O) groups is 1. The van der Waals surface area contributed by atoms with Crippen LogP contribution in [-0.4, -0.2) is 28.4 Å². The first-order chi connectivity index (χ1) is 16.7. The van der Waals surface area contributed by atoms with Gasteiger partial charge in [0.2, 0.25) is 0 Å². The van der Waals surface area contributed by atoms with Gasteiger partial charge in [0, 0.05) is 48.1 Å². The maximum Gasteiger partial charge on any atom is 0.269 e. The van der Waals surface area contributed by atoms with Crippen LogP contribution in [0.2, 0.25) is 0 Å². The van der Waals surface area contributed by atoms with Crippen molar-refractivity contribution < 1.29 is 9.53 Å². The molecule has 0 radical (unpaired) electrons. The van der Waals surface area contributed by atoms with Crippen LogP contribution in [0.3, 0.4) is 0 Å². The van der Waals surface area contributed by atoms with Crippen molar-refractivity contribution in [3.63, 3.8) is 0 Å². The highest BCUT2D eigenvalue weighted by atomic mass is 16.5. The van der Waals surface area contributed by atoms with E-state index in [4.69, 9.17) is 4.74 Å². The summed E-state index contributed by atoms with van der Waals surface area (Å²) in [5, 5.41) is 13.4. The van der Waals surface area contributed by atoms with Crippen molar-refractivity contribution in [2.45, 2.75) is 54.2 Å². The number of hydrogen-bond acceptors (Lipinski definition) is 5. The summed E-state index contributed by atoms with van der Waals surface area (Å²) in [6.07, 6.45) is 2.19. The lowest BCUT2D eigenvalue weighted by Gasteiger charge is -2.12. The molecule has 0 fully saturated rings. The number of nitrogens with one attached hydrogen (secondary N) is 1. The zero-order valence-corrected chi connectivity index (χ0v) is 21.1. The molecule has 1 N–H and O–H groups in total. The van der Waals surface area contributed by atoms with Crippen molar-refractivity contribution in [3.8, 4) is 11.8 Å². The first-order valence-corrected chi connectivity index (χ1v) is 11.4. The molecule has 8 heteroatoms. The zero-order valence-electron chi connectivity index (χ0n) is 21.1. The Kier molecular flexibility index (Phi) is 8.05. The van der Waals surface area contributed by atoms with E-state index in [2.05, 4.69) is 67.1 Å². The highest BCUT2D eigenvalue weighted by molar-refractivity contribution is 5.77. The number of ether oxygens (including phenoxy) is 1. The van der Waals surface area contributed by atoms with E-state index < -0.39 is 11.5 Å². The number of amides is 1.